The Morgan fingerprint density at radius 2 is 1.79 bits per heavy atom. The van der Waals surface area contributed by atoms with Crippen LogP contribution in [0.15, 0.2) is 28.7 Å². The highest BCUT2D eigenvalue weighted by Crippen LogP contribution is 2.37. The Morgan fingerprint density at radius 1 is 1.21 bits per heavy atom. The molecule has 1 unspecified atom stereocenters. The van der Waals surface area contributed by atoms with Gasteiger partial charge in [0.25, 0.3) is 0 Å². The Hall–Kier alpha value is -0.123. The largest absolute Gasteiger partial charge is 0.417 e. The normalized spacial score (nSPS) is 14.5. The molecule has 1 aromatic carbocycles. The summed E-state index contributed by atoms with van der Waals surface area (Å²) in [4.78, 5) is 0. The van der Waals surface area contributed by atoms with Gasteiger partial charge in [-0.3, -0.25) is 0 Å². The van der Waals surface area contributed by atoms with Crippen LogP contribution < -0.4 is 0 Å². The number of rotatable bonds is 5. The summed E-state index contributed by atoms with van der Waals surface area (Å²) in [6, 6.07) is 8.47. The molecule has 1 rings (SSSR count). The first-order valence-electron chi connectivity index (χ1n) is 7.03. The van der Waals surface area contributed by atoms with Crippen LogP contribution in [0.4, 0.5) is 0 Å². The minimum absolute atomic E-state index is 0.295. The Bertz CT molecular complexity index is 409. The molecule has 0 fully saturated rings. The van der Waals surface area contributed by atoms with Crippen molar-refractivity contribution in [1.29, 1.82) is 0 Å². The lowest BCUT2D eigenvalue weighted by atomic mass is 9.98. The van der Waals surface area contributed by atoms with Crippen LogP contribution >= 0.6 is 15.9 Å². The molecule has 0 amide bonds. The third-order valence-electron chi connectivity index (χ3n) is 4.26. The zero-order valence-electron chi connectivity index (χ0n) is 13.1. The van der Waals surface area contributed by atoms with Gasteiger partial charge in [-0.1, -0.05) is 61.8 Å². The minimum Gasteiger partial charge on any atom is -0.417 e. The number of benzene rings is 1. The van der Waals surface area contributed by atoms with Crippen LogP contribution in [0, 0.1) is 0 Å². The highest BCUT2D eigenvalue weighted by Gasteiger charge is 2.36. The molecule has 0 aromatic heterocycles. The zero-order valence-corrected chi connectivity index (χ0v) is 15.7. The predicted molar refractivity (Wildman–Crippen MR) is 90.3 cm³/mol. The summed E-state index contributed by atoms with van der Waals surface area (Å²) in [5.41, 5.74) is 1.38. The second kappa shape index (κ2) is 6.55. The number of halogens is 1. The lowest BCUT2D eigenvalue weighted by molar-refractivity contribution is 0.274. The van der Waals surface area contributed by atoms with Crippen molar-refractivity contribution in [3.63, 3.8) is 0 Å². The predicted octanol–water partition coefficient (Wildman–Crippen LogP) is 5.96. The van der Waals surface area contributed by atoms with E-state index in [1.54, 1.807) is 0 Å². The van der Waals surface area contributed by atoms with Gasteiger partial charge in [0.05, 0.1) is 0 Å². The molecule has 0 aliphatic carbocycles. The molecule has 1 nitrogen and oxygen atoms in total. The van der Waals surface area contributed by atoms with Gasteiger partial charge in [0, 0.05) is 11.1 Å². The quantitative estimate of drug-likeness (QED) is 0.599. The van der Waals surface area contributed by atoms with Crippen molar-refractivity contribution in [3.8, 4) is 0 Å². The van der Waals surface area contributed by atoms with Crippen LogP contribution in [0.3, 0.4) is 0 Å². The lowest BCUT2D eigenvalue weighted by Crippen LogP contribution is -2.41. The van der Waals surface area contributed by atoms with E-state index in [1.165, 1.54) is 10.0 Å². The molecule has 0 radical (unpaired) electrons. The van der Waals surface area contributed by atoms with E-state index in [2.05, 4.69) is 81.0 Å². The van der Waals surface area contributed by atoms with E-state index in [9.17, 15) is 0 Å². The minimum atomic E-state index is -1.60. The van der Waals surface area contributed by atoms with Crippen LogP contribution in [0.25, 0.3) is 0 Å². The molecule has 0 saturated heterocycles. The fourth-order valence-corrected chi connectivity index (χ4v) is 3.47. The van der Waals surface area contributed by atoms with E-state index in [-0.39, 0.29) is 0 Å². The van der Waals surface area contributed by atoms with Gasteiger partial charge in [0.2, 0.25) is 0 Å². The summed E-state index contributed by atoms with van der Waals surface area (Å²) < 4.78 is 7.45. The van der Waals surface area contributed by atoms with Gasteiger partial charge in [-0.15, -0.1) is 0 Å². The summed E-state index contributed by atoms with van der Waals surface area (Å²) in [6.45, 7) is 14.6. The Morgan fingerprint density at radius 3 is 2.32 bits per heavy atom. The van der Waals surface area contributed by atoms with Gasteiger partial charge in [-0.25, -0.2) is 0 Å². The van der Waals surface area contributed by atoms with Crippen molar-refractivity contribution < 1.29 is 4.43 Å². The van der Waals surface area contributed by atoms with Gasteiger partial charge in [0.1, 0.15) is 0 Å². The van der Waals surface area contributed by atoms with Gasteiger partial charge >= 0.3 is 0 Å². The second-order valence-electron chi connectivity index (χ2n) is 6.82. The summed E-state index contributed by atoms with van der Waals surface area (Å²) in [6.07, 6.45) is 1.08. The SMILES string of the molecule is CC(CCO[Si](C)(C)C(C)(C)C)c1ccccc1Br. The standard InChI is InChI=1S/C16H27BrOSi/c1-13(14-9-7-8-10-15(14)17)11-12-18-19(5,6)16(2,3)4/h7-10,13H,11-12H2,1-6H3. The number of hydrogen-bond donors (Lipinski definition) is 0. The molecule has 1 atom stereocenters. The smallest absolute Gasteiger partial charge is 0.191 e. The average Bonchev–Trinajstić information content (AvgIpc) is 2.27. The van der Waals surface area contributed by atoms with E-state index < -0.39 is 8.32 Å². The van der Waals surface area contributed by atoms with Gasteiger partial charge in [0.15, 0.2) is 8.32 Å². The molecule has 0 aliphatic heterocycles. The molecule has 19 heavy (non-hydrogen) atoms. The van der Waals surface area contributed by atoms with Gasteiger partial charge in [-0.2, -0.15) is 0 Å². The zero-order chi connectivity index (χ0) is 14.7. The molecule has 0 bridgehead atoms. The molecule has 108 valence electrons. The monoisotopic (exact) mass is 342 g/mol. The Labute approximate surface area is 128 Å². The summed E-state index contributed by atoms with van der Waals surface area (Å²) in [5, 5.41) is 0.295. The first-order chi connectivity index (χ1) is 8.65. The van der Waals surface area contributed by atoms with Crippen molar-refractivity contribution in [1.82, 2.24) is 0 Å². The van der Waals surface area contributed by atoms with E-state index in [4.69, 9.17) is 4.43 Å². The highest BCUT2D eigenvalue weighted by molar-refractivity contribution is 9.10. The first-order valence-corrected chi connectivity index (χ1v) is 10.7. The lowest BCUT2D eigenvalue weighted by Gasteiger charge is -2.36. The molecule has 3 heteroatoms. The third-order valence-corrected chi connectivity index (χ3v) is 9.52. The Balaban J connectivity index is 2.53. The molecular weight excluding hydrogens is 316 g/mol. The molecule has 0 saturated carbocycles. The van der Waals surface area contributed by atoms with Crippen LogP contribution in [0.2, 0.25) is 18.1 Å². The maximum absolute atomic E-state index is 6.25. The van der Waals surface area contributed by atoms with Crippen LogP contribution in [-0.4, -0.2) is 14.9 Å². The highest BCUT2D eigenvalue weighted by atomic mass is 79.9. The van der Waals surface area contributed by atoms with E-state index >= 15 is 0 Å². The van der Waals surface area contributed by atoms with Crippen molar-refractivity contribution in [2.24, 2.45) is 0 Å². The molecule has 1 aromatic rings. The molecular formula is C16H27BrOSi. The molecule has 0 spiro atoms. The molecule has 0 N–H and O–H groups in total. The third kappa shape index (κ3) is 4.73. The summed E-state index contributed by atoms with van der Waals surface area (Å²) in [7, 11) is -1.60. The maximum Gasteiger partial charge on any atom is 0.191 e. The van der Waals surface area contributed by atoms with Crippen molar-refractivity contribution >= 4 is 24.2 Å². The maximum atomic E-state index is 6.25. The van der Waals surface area contributed by atoms with Crippen molar-refractivity contribution in [2.75, 3.05) is 6.61 Å². The average molecular weight is 343 g/mol. The fraction of sp³-hybridized carbons (Fsp3) is 0.625. The van der Waals surface area contributed by atoms with E-state index in [1.807, 2.05) is 0 Å². The van der Waals surface area contributed by atoms with Gasteiger partial charge < -0.3 is 4.43 Å². The topological polar surface area (TPSA) is 9.23 Å². The first kappa shape index (κ1) is 16.9. The van der Waals surface area contributed by atoms with Crippen molar-refractivity contribution in [2.45, 2.75) is 58.2 Å². The van der Waals surface area contributed by atoms with E-state index in [0.29, 0.717) is 11.0 Å². The second-order valence-corrected chi connectivity index (χ2v) is 12.5. The van der Waals surface area contributed by atoms with Crippen LogP contribution in [0.5, 0.6) is 0 Å². The molecule has 0 aliphatic rings. The van der Waals surface area contributed by atoms with Crippen molar-refractivity contribution in [3.05, 3.63) is 34.3 Å². The summed E-state index contributed by atoms with van der Waals surface area (Å²) in [5.74, 6) is 0.528. The van der Waals surface area contributed by atoms with Crippen LogP contribution in [0.1, 0.15) is 45.6 Å². The fourth-order valence-electron chi connectivity index (χ4n) is 1.74. The summed E-state index contributed by atoms with van der Waals surface area (Å²) >= 11 is 3.63. The van der Waals surface area contributed by atoms with E-state index in [0.717, 1.165) is 13.0 Å². The molecule has 0 heterocycles. The Kier molecular flexibility index (Phi) is 5.84. The van der Waals surface area contributed by atoms with Crippen LogP contribution in [-0.2, 0) is 4.43 Å². The number of hydrogen-bond acceptors (Lipinski definition) is 1. The van der Waals surface area contributed by atoms with Gasteiger partial charge in [-0.05, 0) is 42.1 Å².